The highest BCUT2D eigenvalue weighted by molar-refractivity contribution is 5.87. The summed E-state index contributed by atoms with van der Waals surface area (Å²) in [5, 5.41) is 0. The molecule has 0 radical (unpaired) electrons. The normalized spacial score (nSPS) is 10.1. The molecule has 0 N–H and O–H groups in total. The SMILES string of the molecule is C=C(C)C(=O)OC=COc1ccc(C#Cc2ccc(C#Cc3ccccc3OC=COC(=O)C(=C)C)c(F)c2)cc1. The summed E-state index contributed by atoms with van der Waals surface area (Å²) in [6.45, 7) is 10.1. The van der Waals surface area contributed by atoms with Crippen LogP contribution >= 0.6 is 0 Å². The van der Waals surface area contributed by atoms with Crippen LogP contribution in [-0.4, -0.2) is 11.9 Å². The molecule has 0 spiro atoms. The van der Waals surface area contributed by atoms with Gasteiger partial charge in [0, 0.05) is 22.3 Å². The van der Waals surface area contributed by atoms with Gasteiger partial charge in [0.15, 0.2) is 0 Å². The average molecular weight is 549 g/mol. The zero-order valence-electron chi connectivity index (χ0n) is 22.4. The Hall–Kier alpha value is -5.79. The molecular formula is C34H25FO6. The van der Waals surface area contributed by atoms with Gasteiger partial charge in [-0.25, -0.2) is 14.0 Å². The maximum atomic E-state index is 14.7. The molecule has 41 heavy (non-hydrogen) atoms. The summed E-state index contributed by atoms with van der Waals surface area (Å²) >= 11 is 0. The van der Waals surface area contributed by atoms with E-state index >= 15 is 0 Å². The Morgan fingerprint density at radius 2 is 1.24 bits per heavy atom. The first-order valence-electron chi connectivity index (χ1n) is 12.1. The largest absolute Gasteiger partial charge is 0.462 e. The Labute approximate surface area is 238 Å². The maximum Gasteiger partial charge on any atom is 0.338 e. The first-order chi connectivity index (χ1) is 19.7. The molecule has 0 heterocycles. The van der Waals surface area contributed by atoms with Crippen molar-refractivity contribution in [3.05, 3.63) is 144 Å². The number of hydrogen-bond donors (Lipinski definition) is 0. The highest BCUT2D eigenvalue weighted by Crippen LogP contribution is 2.18. The molecule has 0 aliphatic rings. The summed E-state index contributed by atoms with van der Waals surface area (Å²) in [5.41, 5.74) is 2.42. The fraction of sp³-hybridized carbons (Fsp3) is 0.0588. The van der Waals surface area contributed by atoms with Gasteiger partial charge in [-0.3, -0.25) is 0 Å². The molecular weight excluding hydrogens is 523 g/mol. The molecule has 7 heteroatoms. The van der Waals surface area contributed by atoms with Crippen molar-refractivity contribution < 1.29 is 32.9 Å². The summed E-state index contributed by atoms with van der Waals surface area (Å²) in [6.07, 6.45) is 4.68. The van der Waals surface area contributed by atoms with Crippen LogP contribution in [0.1, 0.15) is 36.1 Å². The lowest BCUT2D eigenvalue weighted by molar-refractivity contribution is -0.134. The third kappa shape index (κ3) is 9.79. The lowest BCUT2D eigenvalue weighted by Crippen LogP contribution is -1.99. The predicted octanol–water partition coefficient (Wildman–Crippen LogP) is 6.56. The third-order valence-corrected chi connectivity index (χ3v) is 4.95. The monoisotopic (exact) mass is 548 g/mol. The summed E-state index contributed by atoms with van der Waals surface area (Å²) in [6, 6.07) is 18.3. The molecule has 3 rings (SSSR count). The number of hydrogen-bond acceptors (Lipinski definition) is 6. The lowest BCUT2D eigenvalue weighted by atomic mass is 10.1. The standard InChI is InChI=1S/C34H25FO6/c1-24(2)33(36)40-21-19-38-30-17-12-26(13-18-30)9-10-27-11-14-28(31(35)23-27)15-16-29-7-5-6-8-32(29)39-20-22-41-34(37)25(3)4/h5-8,11-14,17-23H,1,3H2,2,4H3. The van der Waals surface area contributed by atoms with E-state index < -0.39 is 17.8 Å². The van der Waals surface area contributed by atoms with Gasteiger partial charge in [0.05, 0.1) is 11.1 Å². The van der Waals surface area contributed by atoms with Gasteiger partial charge in [-0.1, -0.05) is 49.0 Å². The lowest BCUT2D eigenvalue weighted by Gasteiger charge is -2.03. The Morgan fingerprint density at radius 1 is 0.683 bits per heavy atom. The molecule has 0 aliphatic heterocycles. The number of ether oxygens (including phenoxy) is 4. The number of para-hydroxylation sites is 1. The quantitative estimate of drug-likeness (QED) is 0.137. The topological polar surface area (TPSA) is 71.1 Å². The predicted molar refractivity (Wildman–Crippen MR) is 153 cm³/mol. The van der Waals surface area contributed by atoms with E-state index in [4.69, 9.17) is 18.9 Å². The van der Waals surface area contributed by atoms with Crippen LogP contribution in [0.15, 0.2) is 116 Å². The molecule has 0 saturated carbocycles. The Balaban J connectivity index is 1.62. The third-order valence-electron chi connectivity index (χ3n) is 4.95. The van der Waals surface area contributed by atoms with Gasteiger partial charge in [-0.15, -0.1) is 0 Å². The second-order valence-electron chi connectivity index (χ2n) is 8.37. The number of esters is 2. The van der Waals surface area contributed by atoms with Crippen molar-refractivity contribution in [3.63, 3.8) is 0 Å². The second kappa shape index (κ2) is 15.0. The van der Waals surface area contributed by atoms with E-state index in [0.717, 1.165) is 12.5 Å². The van der Waals surface area contributed by atoms with E-state index in [1.807, 2.05) is 0 Å². The zero-order chi connectivity index (χ0) is 29.6. The fourth-order valence-corrected chi connectivity index (χ4v) is 2.85. The highest BCUT2D eigenvalue weighted by Gasteiger charge is 2.03. The van der Waals surface area contributed by atoms with Crippen LogP contribution in [0.4, 0.5) is 4.39 Å². The average Bonchev–Trinajstić information content (AvgIpc) is 2.96. The molecule has 6 nitrogen and oxygen atoms in total. The molecule has 0 aliphatic carbocycles. The van der Waals surface area contributed by atoms with Crippen molar-refractivity contribution in [2.24, 2.45) is 0 Å². The molecule has 0 aromatic heterocycles. The summed E-state index contributed by atoms with van der Waals surface area (Å²) in [5.74, 6) is 10.9. The molecule has 0 unspecified atom stereocenters. The Bertz CT molecular complexity index is 1640. The van der Waals surface area contributed by atoms with Gasteiger partial charge in [0.25, 0.3) is 0 Å². The molecule has 0 fully saturated rings. The zero-order valence-corrected chi connectivity index (χ0v) is 22.4. The Kier molecular flexibility index (Phi) is 10.9. The van der Waals surface area contributed by atoms with Gasteiger partial charge >= 0.3 is 11.9 Å². The van der Waals surface area contributed by atoms with E-state index in [1.165, 1.54) is 25.5 Å². The summed E-state index contributed by atoms with van der Waals surface area (Å²) in [4.78, 5) is 22.7. The van der Waals surface area contributed by atoms with Crippen molar-refractivity contribution in [3.8, 4) is 35.2 Å². The van der Waals surface area contributed by atoms with E-state index in [9.17, 15) is 14.0 Å². The van der Waals surface area contributed by atoms with E-state index in [2.05, 4.69) is 36.8 Å². The van der Waals surface area contributed by atoms with Crippen LogP contribution in [0.25, 0.3) is 0 Å². The number of benzene rings is 3. The van der Waals surface area contributed by atoms with Gasteiger partial charge in [-0.2, -0.15) is 0 Å². The second-order valence-corrected chi connectivity index (χ2v) is 8.37. The van der Waals surface area contributed by atoms with Gasteiger partial charge in [0.2, 0.25) is 0 Å². The summed E-state index contributed by atoms with van der Waals surface area (Å²) in [7, 11) is 0. The molecule has 0 bridgehead atoms. The number of carbonyl (C=O) groups excluding carboxylic acids is 2. The number of rotatable bonds is 8. The smallest absolute Gasteiger partial charge is 0.338 e. The van der Waals surface area contributed by atoms with Gasteiger partial charge in [-0.05, 0) is 68.4 Å². The van der Waals surface area contributed by atoms with E-state index in [1.54, 1.807) is 67.6 Å². The van der Waals surface area contributed by atoms with Crippen molar-refractivity contribution in [2.45, 2.75) is 13.8 Å². The first kappa shape index (κ1) is 29.8. The van der Waals surface area contributed by atoms with Crippen LogP contribution < -0.4 is 9.47 Å². The minimum atomic E-state index is -0.570. The minimum absolute atomic E-state index is 0.194. The van der Waals surface area contributed by atoms with Crippen molar-refractivity contribution in [1.82, 2.24) is 0 Å². The number of halogens is 1. The first-order valence-corrected chi connectivity index (χ1v) is 12.1. The van der Waals surface area contributed by atoms with Gasteiger partial charge in [0.1, 0.15) is 42.4 Å². The molecule has 0 atom stereocenters. The van der Waals surface area contributed by atoms with Crippen molar-refractivity contribution >= 4 is 11.9 Å². The number of carbonyl (C=O) groups is 2. The fourth-order valence-electron chi connectivity index (χ4n) is 2.85. The molecule has 3 aromatic rings. The van der Waals surface area contributed by atoms with Crippen LogP contribution in [0.2, 0.25) is 0 Å². The van der Waals surface area contributed by atoms with Crippen LogP contribution in [0.3, 0.4) is 0 Å². The van der Waals surface area contributed by atoms with Crippen molar-refractivity contribution in [2.75, 3.05) is 0 Å². The van der Waals surface area contributed by atoms with Crippen LogP contribution in [0.5, 0.6) is 11.5 Å². The van der Waals surface area contributed by atoms with E-state index in [0.29, 0.717) is 28.2 Å². The maximum absolute atomic E-state index is 14.7. The molecule has 0 amide bonds. The summed E-state index contributed by atoms with van der Waals surface area (Å²) < 4.78 is 35.2. The van der Waals surface area contributed by atoms with Crippen molar-refractivity contribution in [1.29, 1.82) is 0 Å². The molecule has 204 valence electrons. The van der Waals surface area contributed by atoms with Crippen LogP contribution in [-0.2, 0) is 19.1 Å². The minimum Gasteiger partial charge on any atom is -0.462 e. The molecule has 0 saturated heterocycles. The highest BCUT2D eigenvalue weighted by atomic mass is 19.1. The Morgan fingerprint density at radius 3 is 1.88 bits per heavy atom. The van der Waals surface area contributed by atoms with Crippen LogP contribution in [0, 0.1) is 29.5 Å². The van der Waals surface area contributed by atoms with Gasteiger partial charge < -0.3 is 18.9 Å². The van der Waals surface area contributed by atoms with E-state index in [-0.39, 0.29) is 16.7 Å². The molecule has 3 aromatic carbocycles.